The van der Waals surface area contributed by atoms with Crippen LogP contribution in [0.5, 0.6) is 0 Å². The molecule has 136 valence electrons. The lowest BCUT2D eigenvalue weighted by Crippen LogP contribution is -2.00. The molecule has 0 saturated carbocycles. The molecule has 0 aliphatic rings. The Labute approximate surface area is 145 Å². The van der Waals surface area contributed by atoms with Crippen LogP contribution in [0.3, 0.4) is 0 Å². The van der Waals surface area contributed by atoms with Crippen molar-refractivity contribution in [1.82, 2.24) is 19.5 Å². The molecular formula is C15H22N5O4P. The molecule has 0 aliphatic carbocycles. The Balaban J connectivity index is 2.32. The van der Waals surface area contributed by atoms with Gasteiger partial charge in [0.2, 0.25) is 0 Å². The van der Waals surface area contributed by atoms with Gasteiger partial charge in [-0.15, -0.1) is 5.73 Å². The van der Waals surface area contributed by atoms with Crippen molar-refractivity contribution in [1.29, 1.82) is 0 Å². The van der Waals surface area contributed by atoms with Gasteiger partial charge in [-0.05, 0) is 19.9 Å². The summed E-state index contributed by atoms with van der Waals surface area (Å²) in [5, 5.41) is 9.54. The lowest BCUT2D eigenvalue weighted by atomic mass is 10.4. The third-order valence-electron chi connectivity index (χ3n) is 3.26. The first-order valence-corrected chi connectivity index (χ1v) is 9.45. The van der Waals surface area contributed by atoms with E-state index in [2.05, 4.69) is 20.7 Å². The summed E-state index contributed by atoms with van der Waals surface area (Å²) in [6.07, 6.45) is 4.76. The van der Waals surface area contributed by atoms with Gasteiger partial charge >= 0.3 is 7.60 Å². The Morgan fingerprint density at radius 2 is 2.08 bits per heavy atom. The van der Waals surface area contributed by atoms with Gasteiger partial charge in [0, 0.05) is 13.0 Å². The minimum Gasteiger partial charge on any atom is -0.396 e. The number of nitrogens with zero attached hydrogens (tertiary/aromatic N) is 4. The smallest absolute Gasteiger partial charge is 0.365 e. The maximum Gasteiger partial charge on any atom is 0.365 e. The molecule has 0 atom stereocenters. The van der Waals surface area contributed by atoms with Crippen molar-refractivity contribution in [3.05, 3.63) is 29.8 Å². The fraction of sp³-hybridized carbons (Fsp3) is 0.467. The number of hydrogen-bond acceptors (Lipinski definition) is 8. The first-order valence-electron chi connectivity index (χ1n) is 7.91. The van der Waals surface area contributed by atoms with Crippen LogP contribution in [-0.4, -0.2) is 44.4 Å². The van der Waals surface area contributed by atoms with E-state index in [1.54, 1.807) is 30.8 Å². The summed E-state index contributed by atoms with van der Waals surface area (Å²) < 4.78 is 25.2. The number of aliphatic hydroxyl groups is 1. The lowest BCUT2D eigenvalue weighted by molar-refractivity contribution is 0.222. The third-order valence-corrected chi connectivity index (χ3v) is 5.47. The van der Waals surface area contributed by atoms with Crippen molar-refractivity contribution >= 4 is 24.6 Å². The first-order chi connectivity index (χ1) is 12.1. The molecule has 0 aliphatic heterocycles. The highest BCUT2D eigenvalue weighted by atomic mass is 31.2. The Bertz CT molecular complexity index is 818. The molecular weight excluding hydrogens is 345 g/mol. The van der Waals surface area contributed by atoms with E-state index in [1.807, 2.05) is 0 Å². The molecule has 2 rings (SSSR count). The first kappa shape index (κ1) is 19.3. The number of aliphatic hydroxyl groups excluding tert-OH is 1. The predicted octanol–water partition coefficient (Wildman–Crippen LogP) is 2.10. The molecule has 2 aromatic heterocycles. The molecule has 0 spiro atoms. The van der Waals surface area contributed by atoms with Gasteiger partial charge in [0.05, 0.1) is 31.4 Å². The summed E-state index contributed by atoms with van der Waals surface area (Å²) in [6, 6.07) is 0. The number of hydrogen-bond donors (Lipinski definition) is 2. The van der Waals surface area contributed by atoms with E-state index in [-0.39, 0.29) is 26.2 Å². The monoisotopic (exact) mass is 367 g/mol. The average molecular weight is 367 g/mol. The zero-order valence-electron chi connectivity index (χ0n) is 14.3. The van der Waals surface area contributed by atoms with Gasteiger partial charge in [-0.1, -0.05) is 0 Å². The SMILES string of the molecule is CCOP(=O)(OCC)C(=C=CCn1cnc2c(N)ncnc21)CCO. The second kappa shape index (κ2) is 8.89. The molecule has 10 heteroatoms. The third kappa shape index (κ3) is 4.54. The largest absolute Gasteiger partial charge is 0.396 e. The summed E-state index contributed by atoms with van der Waals surface area (Å²) in [5.41, 5.74) is 9.81. The number of fused-ring (bicyclic) bond motifs is 1. The minimum absolute atomic E-state index is 0.146. The van der Waals surface area contributed by atoms with E-state index in [1.165, 1.54) is 6.33 Å². The van der Waals surface area contributed by atoms with E-state index in [9.17, 15) is 9.67 Å². The highest BCUT2D eigenvalue weighted by molar-refractivity contribution is 7.58. The van der Waals surface area contributed by atoms with Gasteiger partial charge in [0.1, 0.15) is 11.8 Å². The molecule has 0 bridgehead atoms. The van der Waals surface area contributed by atoms with E-state index in [0.717, 1.165) is 0 Å². The number of anilines is 1. The summed E-state index contributed by atoms with van der Waals surface area (Å²) in [7, 11) is -3.46. The highest BCUT2D eigenvalue weighted by Crippen LogP contribution is 2.56. The molecule has 0 aromatic carbocycles. The maximum absolute atomic E-state index is 12.8. The fourth-order valence-electron chi connectivity index (χ4n) is 2.22. The standard InChI is InChI=1S/C15H22N5O4P/c1-3-23-25(22,24-4-2)12(7-9-21)6-5-8-20-11-19-13-14(16)17-10-18-15(13)20/h5,10-11,21H,3-4,7-9H2,1-2H3,(H2,16,17,18). The number of rotatable bonds is 9. The highest BCUT2D eigenvalue weighted by Gasteiger charge is 2.28. The average Bonchev–Trinajstić information content (AvgIpc) is 2.99. The molecule has 0 radical (unpaired) electrons. The van der Waals surface area contributed by atoms with E-state index < -0.39 is 7.60 Å². The van der Waals surface area contributed by atoms with Crippen LogP contribution in [-0.2, 0) is 20.2 Å². The van der Waals surface area contributed by atoms with Crippen molar-refractivity contribution in [3.8, 4) is 0 Å². The van der Waals surface area contributed by atoms with Crippen molar-refractivity contribution in [3.63, 3.8) is 0 Å². The molecule has 25 heavy (non-hydrogen) atoms. The van der Waals surface area contributed by atoms with Crippen molar-refractivity contribution in [2.75, 3.05) is 25.6 Å². The molecule has 9 nitrogen and oxygen atoms in total. The van der Waals surface area contributed by atoms with Crippen molar-refractivity contribution in [2.24, 2.45) is 0 Å². The second-order valence-corrected chi connectivity index (χ2v) is 6.98. The van der Waals surface area contributed by atoms with Crippen LogP contribution in [0.1, 0.15) is 20.3 Å². The quantitative estimate of drug-likeness (QED) is 0.510. The van der Waals surface area contributed by atoms with Crippen LogP contribution in [0.4, 0.5) is 5.82 Å². The molecule has 2 aromatic rings. The van der Waals surface area contributed by atoms with Gasteiger partial charge in [0.25, 0.3) is 0 Å². The van der Waals surface area contributed by atoms with Gasteiger partial charge < -0.3 is 24.5 Å². The zero-order chi connectivity index (χ0) is 18.3. The van der Waals surface area contributed by atoms with Crippen LogP contribution >= 0.6 is 7.60 Å². The number of nitrogen functional groups attached to an aromatic ring is 1. The number of nitrogens with two attached hydrogens (primary N) is 1. The molecule has 0 fully saturated rings. The topological polar surface area (TPSA) is 125 Å². The number of aromatic nitrogens is 4. The van der Waals surface area contributed by atoms with Gasteiger partial charge in [-0.2, -0.15) is 0 Å². The Morgan fingerprint density at radius 1 is 1.36 bits per heavy atom. The van der Waals surface area contributed by atoms with Crippen molar-refractivity contribution < 1.29 is 18.7 Å². The minimum atomic E-state index is -3.46. The van der Waals surface area contributed by atoms with Crippen LogP contribution in [0, 0.1) is 0 Å². The Morgan fingerprint density at radius 3 is 2.72 bits per heavy atom. The van der Waals surface area contributed by atoms with E-state index in [0.29, 0.717) is 28.8 Å². The predicted molar refractivity (Wildman–Crippen MR) is 93.9 cm³/mol. The lowest BCUT2D eigenvalue weighted by Gasteiger charge is -2.18. The molecule has 0 amide bonds. The van der Waals surface area contributed by atoms with Crippen LogP contribution in [0.2, 0.25) is 0 Å². The van der Waals surface area contributed by atoms with Gasteiger partial charge in [-0.3, -0.25) is 4.57 Å². The molecule has 2 heterocycles. The van der Waals surface area contributed by atoms with E-state index >= 15 is 0 Å². The normalized spacial score (nSPS) is 11.5. The summed E-state index contributed by atoms with van der Waals surface area (Å²) in [6.45, 7) is 4.12. The zero-order valence-corrected chi connectivity index (χ0v) is 15.1. The summed E-state index contributed by atoms with van der Waals surface area (Å²) in [5.74, 6) is 0.307. The van der Waals surface area contributed by atoms with Gasteiger partial charge in [0.15, 0.2) is 11.5 Å². The fourth-order valence-corrected chi connectivity index (χ4v) is 3.91. The maximum atomic E-state index is 12.8. The van der Waals surface area contributed by atoms with E-state index in [4.69, 9.17) is 14.8 Å². The molecule has 0 saturated heterocycles. The van der Waals surface area contributed by atoms with Gasteiger partial charge in [-0.25, -0.2) is 15.0 Å². The number of imidazole rings is 1. The summed E-state index contributed by atoms with van der Waals surface area (Å²) in [4.78, 5) is 12.2. The Kier molecular flexibility index (Phi) is 6.87. The second-order valence-electron chi connectivity index (χ2n) is 4.93. The van der Waals surface area contributed by atoms with Crippen molar-refractivity contribution in [2.45, 2.75) is 26.8 Å². The van der Waals surface area contributed by atoms with Crippen LogP contribution < -0.4 is 5.73 Å². The van der Waals surface area contributed by atoms with Crippen LogP contribution in [0.15, 0.2) is 29.8 Å². The molecule has 3 N–H and O–H groups in total. The van der Waals surface area contributed by atoms with Crippen LogP contribution in [0.25, 0.3) is 11.2 Å². The Hall–Kier alpha value is -2.02. The summed E-state index contributed by atoms with van der Waals surface area (Å²) >= 11 is 0. The molecule has 0 unspecified atom stereocenters.